The quantitative estimate of drug-likeness (QED) is 0.652. The third-order valence-electron chi connectivity index (χ3n) is 2.57. The molecule has 5 nitrogen and oxygen atoms in total. The van der Waals surface area contributed by atoms with Crippen LogP contribution < -0.4 is 10.6 Å². The number of aliphatic carboxylic acids is 1. The normalized spacial score (nSPS) is 11.4. The molecule has 0 saturated heterocycles. The maximum atomic E-state index is 11.4. The van der Waals surface area contributed by atoms with Crippen LogP contribution in [0, 0.1) is 0 Å². The highest BCUT2D eigenvalue weighted by atomic mass is 16.4. The third-order valence-corrected chi connectivity index (χ3v) is 2.57. The third kappa shape index (κ3) is 5.72. The van der Waals surface area contributed by atoms with E-state index < -0.39 is 18.0 Å². The number of carboxylic acid groups (broad SMARTS) is 1. The summed E-state index contributed by atoms with van der Waals surface area (Å²) >= 11 is 0. The van der Waals surface area contributed by atoms with E-state index in [0.717, 1.165) is 5.56 Å². The van der Waals surface area contributed by atoms with Crippen molar-refractivity contribution in [3.05, 3.63) is 48.6 Å². The molecule has 3 N–H and O–H groups in total. The zero-order chi connectivity index (χ0) is 14.1. The Bertz CT molecular complexity index is 432. The van der Waals surface area contributed by atoms with Crippen molar-refractivity contribution < 1.29 is 14.7 Å². The molecule has 5 heteroatoms. The van der Waals surface area contributed by atoms with Gasteiger partial charge in [0.05, 0.1) is 0 Å². The van der Waals surface area contributed by atoms with Crippen LogP contribution in [-0.2, 0) is 11.2 Å². The van der Waals surface area contributed by atoms with Gasteiger partial charge >= 0.3 is 12.0 Å². The molecular weight excluding hydrogens is 244 g/mol. The van der Waals surface area contributed by atoms with Crippen LogP contribution in [0.2, 0.25) is 0 Å². The second-order valence-electron chi connectivity index (χ2n) is 4.06. The van der Waals surface area contributed by atoms with Crippen molar-refractivity contribution >= 4 is 12.0 Å². The molecule has 1 aromatic carbocycles. The maximum Gasteiger partial charge on any atom is 0.326 e. The summed E-state index contributed by atoms with van der Waals surface area (Å²) in [5.74, 6) is -1.04. The number of carboxylic acids is 1. The van der Waals surface area contributed by atoms with Crippen LogP contribution in [0.5, 0.6) is 0 Å². The predicted octanol–water partition coefficient (Wildman–Crippen LogP) is 1.56. The highest BCUT2D eigenvalue weighted by Crippen LogP contribution is 2.05. The first-order valence-electron chi connectivity index (χ1n) is 6.05. The van der Waals surface area contributed by atoms with Crippen LogP contribution >= 0.6 is 0 Å². The Kier molecular flexibility index (Phi) is 6.15. The van der Waals surface area contributed by atoms with Crippen molar-refractivity contribution in [1.29, 1.82) is 0 Å². The minimum absolute atomic E-state index is 0.302. The summed E-state index contributed by atoms with van der Waals surface area (Å²) in [5.41, 5.74) is 1.04. The lowest BCUT2D eigenvalue weighted by atomic mass is 10.1. The lowest BCUT2D eigenvalue weighted by Crippen LogP contribution is -2.46. The van der Waals surface area contributed by atoms with Crippen LogP contribution in [0.1, 0.15) is 12.0 Å². The van der Waals surface area contributed by atoms with Crippen LogP contribution in [0.25, 0.3) is 0 Å². The smallest absolute Gasteiger partial charge is 0.326 e. The molecule has 0 aliphatic carbocycles. The molecule has 0 radical (unpaired) electrons. The lowest BCUT2D eigenvalue weighted by Gasteiger charge is -2.14. The zero-order valence-corrected chi connectivity index (χ0v) is 10.6. The SMILES string of the molecule is C=CCNC(=O)NC(CCc1ccccc1)C(=O)O. The Labute approximate surface area is 112 Å². The maximum absolute atomic E-state index is 11.4. The Morgan fingerprint density at radius 1 is 1.32 bits per heavy atom. The van der Waals surface area contributed by atoms with Crippen molar-refractivity contribution in [2.75, 3.05) is 6.54 Å². The Morgan fingerprint density at radius 3 is 2.58 bits per heavy atom. The molecule has 0 aromatic heterocycles. The molecule has 0 spiro atoms. The number of amides is 2. The summed E-state index contributed by atoms with van der Waals surface area (Å²) < 4.78 is 0. The molecule has 102 valence electrons. The molecule has 1 rings (SSSR count). The largest absolute Gasteiger partial charge is 0.480 e. The average molecular weight is 262 g/mol. The van der Waals surface area contributed by atoms with Gasteiger partial charge in [-0.3, -0.25) is 0 Å². The number of hydrogen-bond acceptors (Lipinski definition) is 2. The molecule has 0 bridgehead atoms. The van der Waals surface area contributed by atoms with Gasteiger partial charge < -0.3 is 15.7 Å². The fraction of sp³-hybridized carbons (Fsp3) is 0.286. The first kappa shape index (κ1) is 14.8. The minimum Gasteiger partial charge on any atom is -0.480 e. The van der Waals surface area contributed by atoms with Crippen molar-refractivity contribution in [3.8, 4) is 0 Å². The Morgan fingerprint density at radius 2 is 2.00 bits per heavy atom. The van der Waals surface area contributed by atoms with E-state index in [9.17, 15) is 9.59 Å². The van der Waals surface area contributed by atoms with Crippen molar-refractivity contribution in [3.63, 3.8) is 0 Å². The van der Waals surface area contributed by atoms with Gasteiger partial charge in [-0.25, -0.2) is 9.59 Å². The second kappa shape index (κ2) is 7.92. The Hall–Kier alpha value is -2.30. The second-order valence-corrected chi connectivity index (χ2v) is 4.06. The number of hydrogen-bond donors (Lipinski definition) is 3. The first-order valence-corrected chi connectivity index (χ1v) is 6.05. The fourth-order valence-corrected chi connectivity index (χ4v) is 1.59. The summed E-state index contributed by atoms with van der Waals surface area (Å²) in [6, 6.07) is 8.15. The molecule has 1 unspecified atom stereocenters. The molecule has 0 fully saturated rings. The number of carbonyl (C=O) groups is 2. The van der Waals surface area contributed by atoms with Gasteiger partial charge in [-0.05, 0) is 18.4 Å². The van der Waals surface area contributed by atoms with Crippen LogP contribution in [-0.4, -0.2) is 29.7 Å². The van der Waals surface area contributed by atoms with E-state index in [2.05, 4.69) is 17.2 Å². The van der Waals surface area contributed by atoms with Crippen LogP contribution in [0.15, 0.2) is 43.0 Å². The van der Waals surface area contributed by atoms with E-state index in [0.29, 0.717) is 19.4 Å². The van der Waals surface area contributed by atoms with Crippen molar-refractivity contribution in [2.45, 2.75) is 18.9 Å². The molecule has 19 heavy (non-hydrogen) atoms. The standard InChI is InChI=1S/C14H18N2O3/c1-2-10-15-14(19)16-12(13(17)18)9-8-11-6-4-3-5-7-11/h2-7,12H,1,8-10H2,(H,17,18)(H2,15,16,19). The van der Waals surface area contributed by atoms with E-state index in [-0.39, 0.29) is 0 Å². The van der Waals surface area contributed by atoms with E-state index in [1.54, 1.807) is 0 Å². The zero-order valence-electron chi connectivity index (χ0n) is 10.6. The summed E-state index contributed by atoms with van der Waals surface area (Å²) in [6.07, 6.45) is 2.47. The van der Waals surface area contributed by atoms with Crippen LogP contribution in [0.3, 0.4) is 0 Å². The molecule has 0 heterocycles. The van der Waals surface area contributed by atoms with Crippen molar-refractivity contribution in [1.82, 2.24) is 10.6 Å². The van der Waals surface area contributed by atoms with Gasteiger partial charge in [-0.2, -0.15) is 0 Å². The Balaban J connectivity index is 2.47. The monoisotopic (exact) mass is 262 g/mol. The minimum atomic E-state index is -1.04. The van der Waals surface area contributed by atoms with Gasteiger partial charge in [-0.1, -0.05) is 36.4 Å². The van der Waals surface area contributed by atoms with E-state index in [1.165, 1.54) is 6.08 Å². The van der Waals surface area contributed by atoms with Crippen molar-refractivity contribution in [2.24, 2.45) is 0 Å². The first-order chi connectivity index (χ1) is 9.13. The summed E-state index contributed by atoms with van der Waals surface area (Å²) in [7, 11) is 0. The number of benzene rings is 1. The number of rotatable bonds is 7. The van der Waals surface area contributed by atoms with Gasteiger partial charge in [0.1, 0.15) is 6.04 Å². The van der Waals surface area contributed by atoms with Crippen LogP contribution in [0.4, 0.5) is 4.79 Å². The number of urea groups is 1. The molecule has 0 saturated carbocycles. The van der Waals surface area contributed by atoms with Gasteiger partial charge in [0.25, 0.3) is 0 Å². The lowest BCUT2D eigenvalue weighted by molar-refractivity contribution is -0.139. The molecule has 2 amide bonds. The number of aryl methyl sites for hydroxylation is 1. The number of nitrogens with one attached hydrogen (secondary N) is 2. The number of carbonyl (C=O) groups excluding carboxylic acids is 1. The van der Waals surface area contributed by atoms with E-state index in [1.807, 2.05) is 30.3 Å². The summed E-state index contributed by atoms with van der Waals surface area (Å²) in [4.78, 5) is 22.5. The highest BCUT2D eigenvalue weighted by molar-refractivity contribution is 5.82. The van der Waals surface area contributed by atoms with Gasteiger partial charge in [0.2, 0.25) is 0 Å². The fourth-order valence-electron chi connectivity index (χ4n) is 1.59. The molecule has 0 aliphatic heterocycles. The topological polar surface area (TPSA) is 78.4 Å². The molecular formula is C14H18N2O3. The summed E-state index contributed by atoms with van der Waals surface area (Å²) in [5, 5.41) is 14.0. The highest BCUT2D eigenvalue weighted by Gasteiger charge is 2.19. The van der Waals surface area contributed by atoms with E-state index >= 15 is 0 Å². The molecule has 0 aliphatic rings. The summed E-state index contributed by atoms with van der Waals surface area (Å²) in [6.45, 7) is 3.77. The van der Waals surface area contributed by atoms with Gasteiger partial charge in [0, 0.05) is 6.54 Å². The van der Waals surface area contributed by atoms with Gasteiger partial charge in [-0.15, -0.1) is 6.58 Å². The predicted molar refractivity (Wildman–Crippen MR) is 72.9 cm³/mol. The average Bonchev–Trinajstić information content (AvgIpc) is 2.42. The van der Waals surface area contributed by atoms with Gasteiger partial charge in [0.15, 0.2) is 0 Å². The van der Waals surface area contributed by atoms with E-state index in [4.69, 9.17) is 5.11 Å². The molecule has 1 aromatic rings. The molecule has 1 atom stereocenters.